The van der Waals surface area contributed by atoms with E-state index in [2.05, 4.69) is 9.97 Å². The van der Waals surface area contributed by atoms with Crippen molar-refractivity contribution in [1.29, 1.82) is 0 Å². The molecule has 0 unspecified atom stereocenters. The molecule has 152 valence electrons. The molecular formula is C20H23N5O3S. The van der Waals surface area contributed by atoms with Crippen molar-refractivity contribution >= 4 is 23.6 Å². The zero-order valence-electron chi connectivity index (χ0n) is 16.7. The van der Waals surface area contributed by atoms with Crippen LogP contribution in [0.4, 0.5) is 0 Å². The molecule has 1 aliphatic heterocycles. The summed E-state index contributed by atoms with van der Waals surface area (Å²) in [6, 6.07) is 0.153. The smallest absolute Gasteiger partial charge is 0.263 e. The Bertz CT molecular complexity index is 1030. The maximum absolute atomic E-state index is 13.0. The molecule has 1 saturated carbocycles. The average molecular weight is 414 g/mol. The average Bonchev–Trinajstić information content (AvgIpc) is 3.57. The number of fused-ring (bicyclic) bond motifs is 1. The van der Waals surface area contributed by atoms with E-state index in [-0.39, 0.29) is 29.0 Å². The minimum absolute atomic E-state index is 0.145. The first-order valence-electron chi connectivity index (χ1n) is 9.54. The van der Waals surface area contributed by atoms with Crippen LogP contribution in [-0.2, 0) is 13.0 Å². The van der Waals surface area contributed by atoms with E-state index in [9.17, 15) is 14.4 Å². The van der Waals surface area contributed by atoms with Gasteiger partial charge in [-0.25, -0.2) is 9.97 Å². The molecule has 0 bridgehead atoms. The fourth-order valence-corrected chi connectivity index (χ4v) is 3.95. The molecule has 0 atom stereocenters. The van der Waals surface area contributed by atoms with Crippen LogP contribution in [0.5, 0.6) is 0 Å². The maximum atomic E-state index is 13.0. The second-order valence-corrected chi connectivity index (χ2v) is 8.36. The Morgan fingerprint density at radius 2 is 1.90 bits per heavy atom. The van der Waals surface area contributed by atoms with Gasteiger partial charge in [0.1, 0.15) is 5.56 Å². The van der Waals surface area contributed by atoms with Crippen molar-refractivity contribution in [3.05, 3.63) is 51.2 Å². The summed E-state index contributed by atoms with van der Waals surface area (Å²) in [6.45, 7) is 0.801. The van der Waals surface area contributed by atoms with E-state index < -0.39 is 0 Å². The van der Waals surface area contributed by atoms with Crippen molar-refractivity contribution < 1.29 is 9.59 Å². The van der Waals surface area contributed by atoms with Gasteiger partial charge in [0.15, 0.2) is 5.16 Å². The Morgan fingerprint density at radius 3 is 2.48 bits per heavy atom. The van der Waals surface area contributed by atoms with Crippen molar-refractivity contribution in [2.75, 3.05) is 26.9 Å². The number of carbonyl (C=O) groups excluding carboxylic acids is 2. The summed E-state index contributed by atoms with van der Waals surface area (Å²) in [5, 5.41) is 0.617. The van der Waals surface area contributed by atoms with Crippen molar-refractivity contribution in [2.24, 2.45) is 0 Å². The molecule has 0 N–H and O–H groups in total. The minimum atomic E-state index is -0.276. The van der Waals surface area contributed by atoms with Gasteiger partial charge in [-0.2, -0.15) is 0 Å². The van der Waals surface area contributed by atoms with Crippen LogP contribution in [0, 0.1) is 0 Å². The first-order chi connectivity index (χ1) is 13.9. The normalized spacial score (nSPS) is 15.8. The molecule has 3 heterocycles. The molecule has 2 aromatic rings. The third-order valence-corrected chi connectivity index (χ3v) is 5.91. The van der Waals surface area contributed by atoms with Gasteiger partial charge in [0.2, 0.25) is 0 Å². The van der Waals surface area contributed by atoms with E-state index in [4.69, 9.17) is 0 Å². The fraction of sp³-hybridized carbons (Fsp3) is 0.450. The molecule has 29 heavy (non-hydrogen) atoms. The van der Waals surface area contributed by atoms with Crippen molar-refractivity contribution in [3.8, 4) is 0 Å². The monoisotopic (exact) mass is 413 g/mol. The van der Waals surface area contributed by atoms with Crippen molar-refractivity contribution in [2.45, 2.75) is 37.0 Å². The predicted molar refractivity (Wildman–Crippen MR) is 109 cm³/mol. The number of aromatic nitrogens is 3. The second kappa shape index (κ2) is 7.62. The van der Waals surface area contributed by atoms with Crippen LogP contribution >= 0.6 is 11.8 Å². The van der Waals surface area contributed by atoms with Crippen LogP contribution in [0.25, 0.3) is 0 Å². The quantitative estimate of drug-likeness (QED) is 0.559. The van der Waals surface area contributed by atoms with Gasteiger partial charge in [0.05, 0.1) is 5.56 Å². The lowest BCUT2D eigenvalue weighted by molar-refractivity contribution is 0.0732. The number of nitrogens with zero attached hydrogens (tertiary/aromatic N) is 5. The highest BCUT2D eigenvalue weighted by Crippen LogP contribution is 2.35. The van der Waals surface area contributed by atoms with Crippen LogP contribution in [0.2, 0.25) is 0 Å². The highest BCUT2D eigenvalue weighted by Gasteiger charge is 2.33. The molecule has 2 amide bonds. The lowest BCUT2D eigenvalue weighted by Crippen LogP contribution is -2.41. The lowest BCUT2D eigenvalue weighted by atomic mass is 9.95. The zero-order valence-corrected chi connectivity index (χ0v) is 17.5. The summed E-state index contributed by atoms with van der Waals surface area (Å²) in [7, 11) is 3.30. The van der Waals surface area contributed by atoms with Crippen molar-refractivity contribution in [1.82, 2.24) is 24.3 Å². The maximum Gasteiger partial charge on any atom is 0.263 e. The fourth-order valence-electron chi connectivity index (χ4n) is 3.63. The summed E-state index contributed by atoms with van der Waals surface area (Å²) in [5.74, 6) is -0.421. The van der Waals surface area contributed by atoms with Gasteiger partial charge in [0.25, 0.3) is 17.4 Å². The van der Waals surface area contributed by atoms with E-state index in [1.54, 1.807) is 36.0 Å². The van der Waals surface area contributed by atoms with Crippen LogP contribution in [-0.4, -0.2) is 63.0 Å². The Balaban J connectivity index is 1.69. The molecule has 0 aromatic carbocycles. The van der Waals surface area contributed by atoms with E-state index in [1.165, 1.54) is 16.7 Å². The molecule has 2 aromatic heterocycles. The number of pyridine rings is 1. The summed E-state index contributed by atoms with van der Waals surface area (Å²) in [4.78, 5) is 50.2. The first kappa shape index (κ1) is 19.6. The topological polar surface area (TPSA) is 88.4 Å². The molecule has 1 fully saturated rings. The lowest BCUT2D eigenvalue weighted by Gasteiger charge is -2.31. The van der Waals surface area contributed by atoms with Gasteiger partial charge in [-0.05, 0) is 36.6 Å². The molecule has 2 aliphatic rings. The molecule has 0 saturated heterocycles. The molecule has 4 rings (SSSR count). The Hall–Kier alpha value is -2.68. The van der Waals surface area contributed by atoms with Crippen LogP contribution in [0.1, 0.15) is 50.7 Å². The predicted octanol–water partition coefficient (Wildman–Crippen LogP) is 1.60. The third kappa shape index (κ3) is 3.66. The number of hydrogen-bond donors (Lipinski definition) is 0. The van der Waals surface area contributed by atoms with Gasteiger partial charge in [-0.3, -0.25) is 14.4 Å². The van der Waals surface area contributed by atoms with E-state index in [0.29, 0.717) is 30.2 Å². The Morgan fingerprint density at radius 1 is 1.21 bits per heavy atom. The summed E-state index contributed by atoms with van der Waals surface area (Å²) >= 11 is 1.42. The van der Waals surface area contributed by atoms with Gasteiger partial charge in [-0.1, -0.05) is 11.8 Å². The zero-order chi connectivity index (χ0) is 20.7. The number of hydrogen-bond acceptors (Lipinski definition) is 6. The third-order valence-electron chi connectivity index (χ3n) is 5.33. The molecule has 0 radical (unpaired) electrons. The van der Waals surface area contributed by atoms with E-state index >= 15 is 0 Å². The van der Waals surface area contributed by atoms with Gasteiger partial charge in [-0.15, -0.1) is 0 Å². The summed E-state index contributed by atoms with van der Waals surface area (Å²) < 4.78 is 1.68. The van der Waals surface area contributed by atoms with Crippen molar-refractivity contribution in [3.63, 3.8) is 0 Å². The van der Waals surface area contributed by atoms with Crippen LogP contribution < -0.4 is 5.56 Å². The van der Waals surface area contributed by atoms with Gasteiger partial charge in [0, 0.05) is 51.8 Å². The van der Waals surface area contributed by atoms with E-state index in [0.717, 1.165) is 24.0 Å². The number of carbonyl (C=O) groups is 2. The second-order valence-electron chi connectivity index (χ2n) is 7.59. The Kier molecular flexibility index (Phi) is 5.16. The largest absolute Gasteiger partial charge is 0.345 e. The highest BCUT2D eigenvalue weighted by atomic mass is 32.2. The summed E-state index contributed by atoms with van der Waals surface area (Å²) in [6.07, 6.45) is 9.16. The van der Waals surface area contributed by atoms with Crippen LogP contribution in [0.15, 0.2) is 28.5 Å². The molecule has 1 aliphatic carbocycles. The van der Waals surface area contributed by atoms with Gasteiger partial charge < -0.3 is 14.4 Å². The first-order valence-corrected chi connectivity index (χ1v) is 10.8. The number of thioether (sulfide) groups is 1. The Labute approximate surface area is 172 Å². The highest BCUT2D eigenvalue weighted by molar-refractivity contribution is 7.98. The molecule has 8 nitrogen and oxygen atoms in total. The number of rotatable bonds is 4. The van der Waals surface area contributed by atoms with Crippen LogP contribution in [0.3, 0.4) is 0 Å². The molecule has 0 spiro atoms. The molecule has 9 heteroatoms. The standard InChI is InChI=1S/C20H23N5O3S/c1-23(2)18(27)16-15-6-7-24(17(26)12-8-21-20(29-3)22-9-12)10-13(15)11-25(19(16)28)14-4-5-14/h8-9,11,14H,4-7,10H2,1-3H3. The SMILES string of the molecule is CSc1ncc(C(=O)N2CCc3c(cn(C4CC4)c(=O)c3C(=O)N(C)C)C2)cn1. The summed E-state index contributed by atoms with van der Waals surface area (Å²) in [5.41, 5.74) is 2.10. The number of amides is 2. The van der Waals surface area contributed by atoms with E-state index in [1.807, 2.05) is 12.5 Å². The molecular weight excluding hydrogens is 390 g/mol. The minimum Gasteiger partial charge on any atom is -0.345 e. The van der Waals surface area contributed by atoms with Gasteiger partial charge >= 0.3 is 0 Å².